The lowest BCUT2D eigenvalue weighted by atomic mass is 10.0. The molecule has 0 saturated heterocycles. The van der Waals surface area contributed by atoms with Crippen molar-refractivity contribution in [1.29, 1.82) is 0 Å². The van der Waals surface area contributed by atoms with Crippen LogP contribution >= 0.6 is 15.9 Å². The van der Waals surface area contributed by atoms with Crippen LogP contribution in [0.15, 0.2) is 77.3 Å². The van der Waals surface area contributed by atoms with Crippen LogP contribution in [0.25, 0.3) is 11.1 Å². The van der Waals surface area contributed by atoms with E-state index < -0.39 is 0 Å². The Kier molecular flexibility index (Phi) is 4.58. The maximum atomic E-state index is 12.3. The number of aryl methyl sites for hydroxylation is 1. The lowest BCUT2D eigenvalue weighted by Crippen LogP contribution is -2.11. The lowest BCUT2D eigenvalue weighted by Gasteiger charge is -2.08. The van der Waals surface area contributed by atoms with Crippen LogP contribution in [0.4, 0.5) is 5.69 Å². The van der Waals surface area contributed by atoms with E-state index in [1.807, 2.05) is 67.6 Å². The van der Waals surface area contributed by atoms with Gasteiger partial charge in [0.05, 0.1) is 0 Å². The third kappa shape index (κ3) is 3.69. The Labute approximate surface area is 144 Å². The Morgan fingerprint density at radius 1 is 0.870 bits per heavy atom. The van der Waals surface area contributed by atoms with Crippen molar-refractivity contribution in [2.45, 2.75) is 6.92 Å². The zero-order chi connectivity index (χ0) is 16.2. The molecule has 0 spiro atoms. The maximum Gasteiger partial charge on any atom is 0.255 e. The number of rotatable bonds is 3. The molecular formula is C20H16BrNO. The van der Waals surface area contributed by atoms with Crippen molar-refractivity contribution in [3.63, 3.8) is 0 Å². The standard InChI is InChI=1S/C20H16BrNO/c1-14-7-12-18(13-19(14)21)22-20(23)17-10-8-16(9-11-17)15-5-3-2-4-6-15/h2-13H,1H3,(H,22,23). The van der Waals surface area contributed by atoms with Gasteiger partial charge in [0.2, 0.25) is 0 Å². The smallest absolute Gasteiger partial charge is 0.255 e. The molecule has 0 aromatic heterocycles. The van der Waals surface area contributed by atoms with E-state index in [0.717, 1.165) is 26.9 Å². The molecule has 0 bridgehead atoms. The Morgan fingerprint density at radius 2 is 1.52 bits per heavy atom. The molecule has 3 heteroatoms. The molecule has 2 nitrogen and oxygen atoms in total. The number of nitrogens with one attached hydrogen (secondary N) is 1. The van der Waals surface area contributed by atoms with Gasteiger partial charge < -0.3 is 5.32 Å². The Hall–Kier alpha value is -2.39. The van der Waals surface area contributed by atoms with Crippen LogP contribution in [0.5, 0.6) is 0 Å². The summed E-state index contributed by atoms with van der Waals surface area (Å²) in [7, 11) is 0. The van der Waals surface area contributed by atoms with Gasteiger partial charge in [0, 0.05) is 15.7 Å². The first-order valence-corrected chi connectivity index (χ1v) is 8.16. The molecule has 1 amide bonds. The second-order valence-electron chi connectivity index (χ2n) is 5.36. The highest BCUT2D eigenvalue weighted by molar-refractivity contribution is 9.10. The van der Waals surface area contributed by atoms with E-state index in [1.54, 1.807) is 0 Å². The minimum atomic E-state index is -0.111. The summed E-state index contributed by atoms with van der Waals surface area (Å²) in [6.45, 7) is 2.01. The molecule has 0 unspecified atom stereocenters. The average Bonchev–Trinajstić information content (AvgIpc) is 2.59. The first-order valence-electron chi connectivity index (χ1n) is 7.36. The van der Waals surface area contributed by atoms with Gasteiger partial charge in [-0.05, 0) is 47.9 Å². The summed E-state index contributed by atoms with van der Waals surface area (Å²) in [4.78, 5) is 12.3. The fourth-order valence-corrected chi connectivity index (χ4v) is 2.70. The Balaban J connectivity index is 1.76. The van der Waals surface area contributed by atoms with Gasteiger partial charge in [-0.3, -0.25) is 4.79 Å². The number of anilines is 1. The minimum Gasteiger partial charge on any atom is -0.322 e. The molecule has 3 aromatic rings. The number of carbonyl (C=O) groups excluding carboxylic acids is 1. The van der Waals surface area contributed by atoms with Crippen LogP contribution in [-0.4, -0.2) is 5.91 Å². The molecule has 0 fully saturated rings. The van der Waals surface area contributed by atoms with Gasteiger partial charge in [-0.25, -0.2) is 0 Å². The van der Waals surface area contributed by atoms with Crippen LogP contribution in [-0.2, 0) is 0 Å². The van der Waals surface area contributed by atoms with Gasteiger partial charge in [-0.1, -0.05) is 64.5 Å². The van der Waals surface area contributed by atoms with E-state index in [9.17, 15) is 4.79 Å². The van der Waals surface area contributed by atoms with Gasteiger partial charge in [0.25, 0.3) is 5.91 Å². The third-order valence-electron chi connectivity index (χ3n) is 3.68. The van der Waals surface area contributed by atoms with E-state index in [4.69, 9.17) is 0 Å². The number of benzene rings is 3. The Bertz CT molecular complexity index is 826. The van der Waals surface area contributed by atoms with Crippen LogP contribution < -0.4 is 5.32 Å². The van der Waals surface area contributed by atoms with Gasteiger partial charge in [-0.2, -0.15) is 0 Å². The summed E-state index contributed by atoms with van der Waals surface area (Å²) < 4.78 is 0.981. The zero-order valence-electron chi connectivity index (χ0n) is 12.7. The largest absolute Gasteiger partial charge is 0.322 e. The molecule has 0 aliphatic heterocycles. The number of halogens is 1. The summed E-state index contributed by atoms with van der Waals surface area (Å²) in [6.07, 6.45) is 0. The fraction of sp³-hybridized carbons (Fsp3) is 0.0500. The predicted octanol–water partition coefficient (Wildman–Crippen LogP) is 5.68. The van der Waals surface area contributed by atoms with Gasteiger partial charge in [-0.15, -0.1) is 0 Å². The number of hydrogen-bond donors (Lipinski definition) is 1. The molecule has 0 aliphatic rings. The molecule has 1 N–H and O–H groups in total. The topological polar surface area (TPSA) is 29.1 Å². The second kappa shape index (κ2) is 6.80. The molecule has 0 heterocycles. The van der Waals surface area contributed by atoms with E-state index in [-0.39, 0.29) is 5.91 Å². The molecule has 0 aliphatic carbocycles. The summed E-state index contributed by atoms with van der Waals surface area (Å²) in [5.74, 6) is -0.111. The van der Waals surface area contributed by atoms with Crippen LogP contribution in [0.2, 0.25) is 0 Å². The van der Waals surface area contributed by atoms with Crippen LogP contribution in [0.1, 0.15) is 15.9 Å². The van der Waals surface area contributed by atoms with Gasteiger partial charge >= 0.3 is 0 Å². The van der Waals surface area contributed by atoms with Crippen molar-refractivity contribution in [2.24, 2.45) is 0 Å². The summed E-state index contributed by atoms with van der Waals surface area (Å²) in [6, 6.07) is 23.5. The molecular weight excluding hydrogens is 350 g/mol. The van der Waals surface area contributed by atoms with Gasteiger partial charge in [0.15, 0.2) is 0 Å². The average molecular weight is 366 g/mol. The summed E-state index contributed by atoms with van der Waals surface area (Å²) >= 11 is 3.48. The molecule has 0 saturated carbocycles. The zero-order valence-corrected chi connectivity index (χ0v) is 14.3. The molecule has 114 valence electrons. The predicted molar refractivity (Wildman–Crippen MR) is 98.7 cm³/mol. The molecule has 0 atom stereocenters. The van der Waals surface area contributed by atoms with Crippen LogP contribution in [0, 0.1) is 6.92 Å². The summed E-state index contributed by atoms with van der Waals surface area (Å²) in [5, 5.41) is 2.92. The highest BCUT2D eigenvalue weighted by Gasteiger charge is 2.07. The lowest BCUT2D eigenvalue weighted by molar-refractivity contribution is 0.102. The van der Waals surface area contributed by atoms with Gasteiger partial charge in [0.1, 0.15) is 0 Å². The van der Waals surface area contributed by atoms with E-state index >= 15 is 0 Å². The molecule has 3 aromatic carbocycles. The normalized spacial score (nSPS) is 10.3. The highest BCUT2D eigenvalue weighted by atomic mass is 79.9. The van der Waals surface area contributed by atoms with Crippen LogP contribution in [0.3, 0.4) is 0 Å². The molecule has 3 rings (SSSR count). The maximum absolute atomic E-state index is 12.3. The number of hydrogen-bond acceptors (Lipinski definition) is 1. The summed E-state index contributed by atoms with van der Waals surface area (Å²) in [5.41, 5.74) is 4.79. The Morgan fingerprint density at radius 3 is 2.17 bits per heavy atom. The first kappa shape index (κ1) is 15.5. The fourth-order valence-electron chi connectivity index (χ4n) is 2.32. The molecule has 23 heavy (non-hydrogen) atoms. The number of carbonyl (C=O) groups is 1. The number of amides is 1. The SMILES string of the molecule is Cc1ccc(NC(=O)c2ccc(-c3ccccc3)cc2)cc1Br. The highest BCUT2D eigenvalue weighted by Crippen LogP contribution is 2.22. The third-order valence-corrected chi connectivity index (χ3v) is 4.54. The second-order valence-corrected chi connectivity index (χ2v) is 6.22. The van der Waals surface area contributed by atoms with Crippen molar-refractivity contribution in [1.82, 2.24) is 0 Å². The minimum absolute atomic E-state index is 0.111. The van der Waals surface area contributed by atoms with E-state index in [2.05, 4.69) is 33.4 Å². The van der Waals surface area contributed by atoms with E-state index in [1.165, 1.54) is 0 Å². The molecule has 0 radical (unpaired) electrons. The van der Waals surface area contributed by atoms with Crippen molar-refractivity contribution in [2.75, 3.05) is 5.32 Å². The quantitative estimate of drug-likeness (QED) is 0.635. The monoisotopic (exact) mass is 365 g/mol. The van der Waals surface area contributed by atoms with Crippen molar-refractivity contribution < 1.29 is 4.79 Å². The van der Waals surface area contributed by atoms with Crippen molar-refractivity contribution >= 4 is 27.5 Å². The van der Waals surface area contributed by atoms with Crippen molar-refractivity contribution in [3.8, 4) is 11.1 Å². The van der Waals surface area contributed by atoms with Crippen molar-refractivity contribution in [3.05, 3.63) is 88.4 Å². The van der Waals surface area contributed by atoms with E-state index in [0.29, 0.717) is 5.56 Å². The first-order chi connectivity index (χ1) is 11.1.